The van der Waals surface area contributed by atoms with E-state index >= 15 is 0 Å². The molecule has 1 rings (SSSR count). The van der Waals surface area contributed by atoms with E-state index in [0.29, 0.717) is 10.6 Å². The zero-order valence-corrected chi connectivity index (χ0v) is 8.12. The van der Waals surface area contributed by atoms with Crippen LogP contribution >= 0.6 is 24.0 Å². The van der Waals surface area contributed by atoms with Gasteiger partial charge in [-0.15, -0.1) is 12.4 Å². The molecule has 1 atom stereocenters. The van der Waals surface area contributed by atoms with E-state index in [0.717, 1.165) is 0 Å². The Balaban J connectivity index is 0.00000121. The third kappa shape index (κ3) is 2.34. The predicted octanol–water partition coefficient (Wildman–Crippen LogP) is 2.92. The fourth-order valence-corrected chi connectivity index (χ4v) is 1.28. The summed E-state index contributed by atoms with van der Waals surface area (Å²) in [6, 6.07) is 4.18. The Morgan fingerprint density at radius 3 is 2.42 bits per heavy atom. The molecule has 0 aliphatic rings. The normalized spacial score (nSPS) is 12.0. The van der Waals surface area contributed by atoms with Crippen molar-refractivity contribution < 1.29 is 4.39 Å². The van der Waals surface area contributed by atoms with Crippen molar-refractivity contribution in [3.8, 4) is 0 Å². The van der Waals surface area contributed by atoms with Crippen LogP contribution in [0.25, 0.3) is 0 Å². The molecule has 0 fully saturated rings. The highest BCUT2D eigenvalue weighted by Crippen LogP contribution is 2.23. The van der Waals surface area contributed by atoms with Gasteiger partial charge in [-0.05, 0) is 19.1 Å². The van der Waals surface area contributed by atoms with Crippen LogP contribution in [-0.2, 0) is 0 Å². The Bertz CT molecular complexity index is 243. The number of hydrogen-bond acceptors (Lipinski definition) is 1. The third-order valence-corrected chi connectivity index (χ3v) is 1.78. The van der Waals surface area contributed by atoms with Crippen LogP contribution in [0.4, 0.5) is 4.39 Å². The second kappa shape index (κ2) is 4.65. The fraction of sp³-hybridized carbons (Fsp3) is 0.250. The van der Waals surface area contributed by atoms with Crippen molar-refractivity contribution in [1.29, 1.82) is 0 Å². The molecule has 1 aromatic carbocycles. The van der Waals surface area contributed by atoms with Gasteiger partial charge in [0.1, 0.15) is 5.82 Å². The van der Waals surface area contributed by atoms with Crippen LogP contribution in [0, 0.1) is 5.82 Å². The smallest absolute Gasteiger partial charge is 0.129 e. The molecular formula is C8H10Cl2FN. The topological polar surface area (TPSA) is 26.0 Å². The minimum atomic E-state index is -0.358. The van der Waals surface area contributed by atoms with E-state index in [-0.39, 0.29) is 24.3 Å². The molecule has 0 bridgehead atoms. The Labute approximate surface area is 82.1 Å². The summed E-state index contributed by atoms with van der Waals surface area (Å²) in [5, 5.41) is 0.389. The number of benzene rings is 1. The van der Waals surface area contributed by atoms with E-state index in [9.17, 15) is 4.39 Å². The SMILES string of the molecule is C[C@H](N)c1c(F)cccc1Cl.Cl. The molecule has 1 aromatic rings. The minimum Gasteiger partial charge on any atom is -0.324 e. The third-order valence-electron chi connectivity index (χ3n) is 1.46. The zero-order valence-electron chi connectivity index (χ0n) is 6.55. The molecule has 0 aliphatic heterocycles. The van der Waals surface area contributed by atoms with Gasteiger partial charge >= 0.3 is 0 Å². The Kier molecular flexibility index (Phi) is 4.53. The van der Waals surface area contributed by atoms with Gasteiger partial charge in [-0.1, -0.05) is 17.7 Å². The Morgan fingerprint density at radius 1 is 1.50 bits per heavy atom. The molecule has 0 saturated heterocycles. The van der Waals surface area contributed by atoms with Crippen molar-refractivity contribution in [1.82, 2.24) is 0 Å². The molecule has 0 saturated carbocycles. The first-order valence-electron chi connectivity index (χ1n) is 3.32. The summed E-state index contributed by atoms with van der Waals surface area (Å²) in [6.07, 6.45) is 0. The molecule has 0 unspecified atom stereocenters. The summed E-state index contributed by atoms with van der Waals surface area (Å²) in [4.78, 5) is 0. The summed E-state index contributed by atoms with van der Waals surface area (Å²) in [6.45, 7) is 1.70. The molecule has 68 valence electrons. The molecule has 1 nitrogen and oxygen atoms in total. The van der Waals surface area contributed by atoms with Crippen LogP contribution in [0.3, 0.4) is 0 Å². The van der Waals surface area contributed by atoms with Crippen molar-refractivity contribution in [2.24, 2.45) is 5.73 Å². The lowest BCUT2D eigenvalue weighted by Gasteiger charge is -2.08. The molecule has 0 aromatic heterocycles. The molecule has 12 heavy (non-hydrogen) atoms. The number of nitrogens with two attached hydrogens (primary N) is 1. The van der Waals surface area contributed by atoms with Gasteiger partial charge in [-0.3, -0.25) is 0 Å². The molecule has 4 heteroatoms. The lowest BCUT2D eigenvalue weighted by molar-refractivity contribution is 0.594. The van der Waals surface area contributed by atoms with E-state index in [2.05, 4.69) is 0 Å². The van der Waals surface area contributed by atoms with Crippen LogP contribution in [-0.4, -0.2) is 0 Å². The largest absolute Gasteiger partial charge is 0.324 e. The van der Waals surface area contributed by atoms with E-state index in [4.69, 9.17) is 17.3 Å². The average Bonchev–Trinajstić information content (AvgIpc) is 1.85. The lowest BCUT2D eigenvalue weighted by atomic mass is 10.1. The van der Waals surface area contributed by atoms with E-state index in [1.165, 1.54) is 6.07 Å². The maximum absolute atomic E-state index is 12.9. The van der Waals surface area contributed by atoms with Gasteiger partial charge in [-0.2, -0.15) is 0 Å². The highest BCUT2D eigenvalue weighted by Gasteiger charge is 2.09. The second-order valence-electron chi connectivity index (χ2n) is 2.42. The fourth-order valence-electron chi connectivity index (χ4n) is 0.946. The van der Waals surface area contributed by atoms with Crippen molar-refractivity contribution in [3.63, 3.8) is 0 Å². The van der Waals surface area contributed by atoms with Gasteiger partial charge in [0.15, 0.2) is 0 Å². The van der Waals surface area contributed by atoms with Gasteiger partial charge < -0.3 is 5.73 Å². The number of halogens is 3. The standard InChI is InChI=1S/C8H9ClFN.ClH/c1-5(11)8-6(9)3-2-4-7(8)10;/h2-5H,11H2,1H3;1H/t5-;/m0./s1. The van der Waals surface area contributed by atoms with Crippen LogP contribution in [0.1, 0.15) is 18.5 Å². The zero-order chi connectivity index (χ0) is 8.43. The summed E-state index contributed by atoms with van der Waals surface area (Å²) in [7, 11) is 0. The summed E-state index contributed by atoms with van der Waals surface area (Å²) < 4.78 is 12.9. The summed E-state index contributed by atoms with van der Waals surface area (Å²) >= 11 is 5.70. The number of rotatable bonds is 1. The number of hydrogen-bond donors (Lipinski definition) is 1. The van der Waals surface area contributed by atoms with Crippen molar-refractivity contribution in [2.45, 2.75) is 13.0 Å². The Morgan fingerprint density at radius 2 is 2.08 bits per heavy atom. The second-order valence-corrected chi connectivity index (χ2v) is 2.83. The van der Waals surface area contributed by atoms with Gasteiger partial charge in [0.2, 0.25) is 0 Å². The summed E-state index contributed by atoms with van der Waals surface area (Å²) in [5.74, 6) is -0.340. The Hall–Kier alpha value is -0.310. The van der Waals surface area contributed by atoms with Crippen molar-refractivity contribution in [2.75, 3.05) is 0 Å². The minimum absolute atomic E-state index is 0. The monoisotopic (exact) mass is 209 g/mol. The van der Waals surface area contributed by atoms with Crippen molar-refractivity contribution >= 4 is 24.0 Å². The highest BCUT2D eigenvalue weighted by molar-refractivity contribution is 6.31. The molecule has 0 spiro atoms. The highest BCUT2D eigenvalue weighted by atomic mass is 35.5. The van der Waals surface area contributed by atoms with E-state index in [1.54, 1.807) is 19.1 Å². The first kappa shape index (κ1) is 11.7. The first-order valence-corrected chi connectivity index (χ1v) is 3.70. The van der Waals surface area contributed by atoms with Gasteiger partial charge in [0, 0.05) is 16.6 Å². The average molecular weight is 210 g/mol. The molecule has 0 radical (unpaired) electrons. The lowest BCUT2D eigenvalue weighted by Crippen LogP contribution is -2.07. The van der Waals surface area contributed by atoms with Crippen LogP contribution in [0.2, 0.25) is 5.02 Å². The molecule has 2 N–H and O–H groups in total. The first-order chi connectivity index (χ1) is 5.13. The maximum atomic E-state index is 12.9. The quantitative estimate of drug-likeness (QED) is 0.757. The van der Waals surface area contributed by atoms with Gasteiger partial charge in [0.05, 0.1) is 0 Å². The van der Waals surface area contributed by atoms with Crippen LogP contribution < -0.4 is 5.73 Å². The maximum Gasteiger partial charge on any atom is 0.129 e. The van der Waals surface area contributed by atoms with Crippen LogP contribution in [0.5, 0.6) is 0 Å². The predicted molar refractivity (Wildman–Crippen MR) is 51.3 cm³/mol. The molecular weight excluding hydrogens is 200 g/mol. The molecule has 0 aliphatic carbocycles. The van der Waals surface area contributed by atoms with Crippen LogP contribution in [0.15, 0.2) is 18.2 Å². The van der Waals surface area contributed by atoms with E-state index in [1.807, 2.05) is 0 Å². The van der Waals surface area contributed by atoms with Gasteiger partial charge in [0.25, 0.3) is 0 Å². The molecule has 0 heterocycles. The van der Waals surface area contributed by atoms with Crippen molar-refractivity contribution in [3.05, 3.63) is 34.6 Å². The summed E-state index contributed by atoms with van der Waals surface area (Å²) in [5.41, 5.74) is 5.87. The van der Waals surface area contributed by atoms with E-state index < -0.39 is 0 Å². The molecule has 0 amide bonds. The van der Waals surface area contributed by atoms with Gasteiger partial charge in [-0.25, -0.2) is 4.39 Å².